The number of amides is 1. The molecule has 4 bridgehead atoms. The van der Waals surface area contributed by atoms with E-state index in [2.05, 4.69) is 20.8 Å². The van der Waals surface area contributed by atoms with Crippen molar-refractivity contribution in [3.8, 4) is 0 Å². The number of hydrogen-bond donors (Lipinski definition) is 0. The number of alkyl halides is 1. The highest BCUT2D eigenvalue weighted by Crippen LogP contribution is 2.65. The van der Waals surface area contributed by atoms with E-state index in [4.69, 9.17) is 9.47 Å². The summed E-state index contributed by atoms with van der Waals surface area (Å²) in [7, 11) is 0. The summed E-state index contributed by atoms with van der Waals surface area (Å²) < 4.78 is 11.7. The molecule has 0 aromatic carbocycles. The van der Waals surface area contributed by atoms with Gasteiger partial charge in [0.2, 0.25) is 5.91 Å². The fourth-order valence-corrected chi connectivity index (χ4v) is 8.56. The molecule has 6 fully saturated rings. The van der Waals surface area contributed by atoms with Gasteiger partial charge in [-0.1, -0.05) is 15.9 Å². The van der Waals surface area contributed by atoms with Gasteiger partial charge in [0.25, 0.3) is 0 Å². The molecule has 140 valence electrons. The maximum atomic E-state index is 13.1. The van der Waals surface area contributed by atoms with Crippen LogP contribution in [0.15, 0.2) is 0 Å². The maximum absolute atomic E-state index is 13.1. The number of nitrogens with zero attached hydrogens (tertiary/aromatic N) is 1. The molecule has 2 atom stereocenters. The van der Waals surface area contributed by atoms with E-state index in [0.717, 1.165) is 57.4 Å². The Hall–Kier alpha value is -0.130. The van der Waals surface area contributed by atoms with E-state index in [0.29, 0.717) is 21.6 Å². The van der Waals surface area contributed by atoms with E-state index < -0.39 is 0 Å². The number of hydrogen-bond acceptors (Lipinski definition) is 3. The molecular weight excluding hydrogens is 382 g/mol. The van der Waals surface area contributed by atoms with E-state index in [9.17, 15) is 4.79 Å². The molecule has 0 radical (unpaired) electrons. The van der Waals surface area contributed by atoms with Crippen molar-refractivity contribution in [2.45, 2.75) is 68.4 Å². The normalized spacial score (nSPS) is 44.6. The molecule has 1 amide bonds. The van der Waals surface area contributed by atoms with Crippen LogP contribution in [-0.2, 0) is 14.3 Å². The highest BCUT2D eigenvalue weighted by Gasteiger charge is 2.57. The number of carbonyl (C=O) groups excluding carboxylic acids is 1. The molecule has 6 rings (SSSR count). The van der Waals surface area contributed by atoms with Crippen molar-refractivity contribution in [2.24, 2.45) is 23.2 Å². The van der Waals surface area contributed by atoms with Crippen LogP contribution >= 0.6 is 15.9 Å². The molecule has 4 nitrogen and oxygen atoms in total. The second kappa shape index (κ2) is 6.20. The molecule has 6 aliphatic rings. The molecule has 2 saturated heterocycles. The Labute approximate surface area is 159 Å². The summed E-state index contributed by atoms with van der Waals surface area (Å²) >= 11 is 4.07. The molecule has 4 saturated carbocycles. The summed E-state index contributed by atoms with van der Waals surface area (Å²) in [6.45, 7) is 3.22. The van der Waals surface area contributed by atoms with Crippen LogP contribution < -0.4 is 0 Å². The first kappa shape index (κ1) is 17.0. The Morgan fingerprint density at radius 1 is 1.04 bits per heavy atom. The molecule has 2 heterocycles. The summed E-state index contributed by atoms with van der Waals surface area (Å²) in [6.07, 6.45) is 10.7. The molecular formula is C20H30BrNO3. The smallest absolute Gasteiger partial charge is 0.223 e. The zero-order valence-electron chi connectivity index (χ0n) is 15.1. The summed E-state index contributed by atoms with van der Waals surface area (Å²) in [5.41, 5.74) is 0.291. The van der Waals surface area contributed by atoms with E-state index in [1.54, 1.807) is 0 Å². The first-order valence-electron chi connectivity index (χ1n) is 10.2. The molecule has 0 N–H and O–H groups in total. The van der Waals surface area contributed by atoms with Crippen molar-refractivity contribution >= 4 is 21.8 Å². The molecule has 0 aromatic rings. The van der Waals surface area contributed by atoms with Crippen LogP contribution in [0, 0.1) is 23.2 Å². The summed E-state index contributed by atoms with van der Waals surface area (Å²) in [4.78, 5) is 15.2. The van der Waals surface area contributed by atoms with Crippen LogP contribution in [-0.4, -0.2) is 47.7 Å². The standard InChI is InChI=1S/C20H30BrNO3/c21-20-10-14-7-15(11-20)9-19(8-14,13-20)12-17(23)22-3-1-16(2-4-22)18-24-5-6-25-18/h14-16,18H,1-13H2. The lowest BCUT2D eigenvalue weighted by atomic mass is 9.48. The lowest BCUT2D eigenvalue weighted by Gasteiger charge is -2.60. The highest BCUT2D eigenvalue weighted by atomic mass is 79.9. The van der Waals surface area contributed by atoms with Crippen LogP contribution in [0.5, 0.6) is 0 Å². The van der Waals surface area contributed by atoms with Crippen LogP contribution in [0.1, 0.15) is 57.8 Å². The first-order valence-corrected chi connectivity index (χ1v) is 11.0. The van der Waals surface area contributed by atoms with Crippen LogP contribution in [0.4, 0.5) is 0 Å². The van der Waals surface area contributed by atoms with Gasteiger partial charge in [-0.3, -0.25) is 4.79 Å². The average molecular weight is 412 g/mol. The van der Waals surface area contributed by atoms with Crippen molar-refractivity contribution in [2.75, 3.05) is 26.3 Å². The third-order valence-electron chi connectivity index (χ3n) is 7.56. The lowest BCUT2D eigenvalue weighted by molar-refractivity contribution is -0.143. The second-order valence-corrected chi connectivity index (χ2v) is 11.3. The lowest BCUT2D eigenvalue weighted by Crippen LogP contribution is -2.54. The Bertz CT molecular complexity index is 525. The second-order valence-electron chi connectivity index (χ2n) is 9.62. The predicted octanol–water partition coefficient (Wildman–Crippen LogP) is 3.72. The van der Waals surface area contributed by atoms with Crippen molar-refractivity contribution in [1.29, 1.82) is 0 Å². The molecule has 2 aliphatic heterocycles. The van der Waals surface area contributed by atoms with E-state index in [1.807, 2.05) is 0 Å². The first-order chi connectivity index (χ1) is 12.0. The molecule has 2 unspecified atom stereocenters. The minimum atomic E-state index is -0.0198. The number of halogens is 1. The third-order valence-corrected chi connectivity index (χ3v) is 8.49. The Morgan fingerprint density at radius 3 is 2.28 bits per heavy atom. The summed E-state index contributed by atoms with van der Waals surface area (Å²) in [5, 5.41) is 0. The molecule has 25 heavy (non-hydrogen) atoms. The molecule has 5 heteroatoms. The fourth-order valence-electron chi connectivity index (χ4n) is 7.05. The minimum Gasteiger partial charge on any atom is -0.350 e. The van der Waals surface area contributed by atoms with Crippen molar-refractivity contribution in [3.05, 3.63) is 0 Å². The van der Waals surface area contributed by atoms with Crippen molar-refractivity contribution < 1.29 is 14.3 Å². The summed E-state index contributed by atoms with van der Waals surface area (Å²) in [6, 6.07) is 0. The van der Waals surface area contributed by atoms with Gasteiger partial charge >= 0.3 is 0 Å². The van der Waals surface area contributed by atoms with Gasteiger partial charge in [-0.25, -0.2) is 0 Å². The zero-order valence-corrected chi connectivity index (χ0v) is 16.6. The maximum Gasteiger partial charge on any atom is 0.223 e. The van der Waals surface area contributed by atoms with E-state index in [-0.39, 0.29) is 6.29 Å². The van der Waals surface area contributed by atoms with Crippen LogP contribution in [0.3, 0.4) is 0 Å². The number of rotatable bonds is 3. The minimum absolute atomic E-state index is 0.0198. The Balaban J connectivity index is 1.20. The predicted molar refractivity (Wildman–Crippen MR) is 98.4 cm³/mol. The van der Waals surface area contributed by atoms with Gasteiger partial charge in [0.05, 0.1) is 13.2 Å². The van der Waals surface area contributed by atoms with Gasteiger partial charge in [-0.15, -0.1) is 0 Å². The van der Waals surface area contributed by atoms with Crippen molar-refractivity contribution in [1.82, 2.24) is 4.90 Å². The summed E-state index contributed by atoms with van der Waals surface area (Å²) in [5.74, 6) is 2.59. The van der Waals surface area contributed by atoms with E-state index in [1.165, 1.54) is 38.5 Å². The van der Waals surface area contributed by atoms with Gasteiger partial charge in [-0.2, -0.15) is 0 Å². The SMILES string of the molecule is O=C(CC12CC3CC(CC(Br)(C3)C1)C2)N1CCC(C2OCCO2)CC1. The number of ether oxygens (including phenoxy) is 2. The monoisotopic (exact) mass is 411 g/mol. The third kappa shape index (κ3) is 3.19. The number of piperidine rings is 1. The fraction of sp³-hybridized carbons (Fsp3) is 0.950. The number of carbonyl (C=O) groups is 1. The Kier molecular flexibility index (Phi) is 4.22. The quantitative estimate of drug-likeness (QED) is 0.664. The largest absolute Gasteiger partial charge is 0.350 e. The number of likely N-dealkylation sites (tertiary alicyclic amines) is 1. The molecule has 0 spiro atoms. The van der Waals surface area contributed by atoms with Crippen LogP contribution in [0.25, 0.3) is 0 Å². The molecule has 0 aromatic heterocycles. The van der Waals surface area contributed by atoms with Gasteiger partial charge in [0, 0.05) is 29.8 Å². The van der Waals surface area contributed by atoms with Crippen molar-refractivity contribution in [3.63, 3.8) is 0 Å². The molecule has 4 aliphatic carbocycles. The van der Waals surface area contributed by atoms with Gasteiger partial charge in [0.1, 0.15) is 0 Å². The van der Waals surface area contributed by atoms with Gasteiger partial charge in [0.15, 0.2) is 6.29 Å². The Morgan fingerprint density at radius 2 is 1.68 bits per heavy atom. The topological polar surface area (TPSA) is 38.8 Å². The van der Waals surface area contributed by atoms with Crippen LogP contribution in [0.2, 0.25) is 0 Å². The highest BCUT2D eigenvalue weighted by molar-refractivity contribution is 9.10. The van der Waals surface area contributed by atoms with Gasteiger partial charge < -0.3 is 14.4 Å². The van der Waals surface area contributed by atoms with E-state index >= 15 is 0 Å². The average Bonchev–Trinajstić information content (AvgIpc) is 3.06. The van der Waals surface area contributed by atoms with Gasteiger partial charge in [-0.05, 0) is 68.6 Å². The zero-order chi connectivity index (χ0) is 17.1.